The second-order valence-electron chi connectivity index (χ2n) is 2.91. The zero-order valence-electron chi connectivity index (χ0n) is 9.60. The highest BCUT2D eigenvalue weighted by atomic mass is 16.2. The van der Waals surface area contributed by atoms with Crippen LogP contribution in [-0.4, -0.2) is 16.8 Å². The molecule has 88 valence electrons. The van der Waals surface area contributed by atoms with E-state index >= 15 is 0 Å². The van der Waals surface area contributed by atoms with Crippen LogP contribution in [0.25, 0.3) is 0 Å². The summed E-state index contributed by atoms with van der Waals surface area (Å²) in [6.45, 7) is 4.00. The number of aliphatic hydroxyl groups excluding tert-OH is 1. The summed E-state index contributed by atoms with van der Waals surface area (Å²) < 4.78 is 1.72. The Hall–Kier alpha value is -1.29. The maximum absolute atomic E-state index is 11.3. The molecule has 0 unspecified atom stereocenters. The van der Waals surface area contributed by atoms with E-state index in [4.69, 9.17) is 10.8 Å². The van der Waals surface area contributed by atoms with Crippen molar-refractivity contribution in [3.8, 4) is 0 Å². The Morgan fingerprint density at radius 3 is 2.47 bits per heavy atom. The molecular weight excluding hydrogens is 192 g/mol. The summed E-state index contributed by atoms with van der Waals surface area (Å²) in [6, 6.07) is 3.88. The minimum Gasteiger partial charge on any atom is -0.400 e. The maximum atomic E-state index is 11.3. The molecule has 15 heavy (non-hydrogen) atoms. The predicted molar refractivity (Wildman–Crippen MR) is 65.0 cm³/mol. The fourth-order valence-electron chi connectivity index (χ4n) is 1.17. The lowest BCUT2D eigenvalue weighted by atomic mass is 10.4. The Morgan fingerprint density at radius 2 is 2.00 bits per heavy atom. The van der Waals surface area contributed by atoms with Gasteiger partial charge in [0.1, 0.15) is 0 Å². The fraction of sp³-hybridized carbons (Fsp3) is 0.545. The van der Waals surface area contributed by atoms with Crippen molar-refractivity contribution in [2.45, 2.75) is 32.7 Å². The quantitative estimate of drug-likeness (QED) is 0.746. The first-order valence-electron chi connectivity index (χ1n) is 5.20. The number of nitrogens with two attached hydrogens (primary N) is 1. The van der Waals surface area contributed by atoms with Crippen LogP contribution in [0.15, 0.2) is 23.1 Å². The van der Waals surface area contributed by atoms with E-state index in [1.807, 2.05) is 19.9 Å². The molecule has 1 aromatic rings. The number of nitrogens with zero attached hydrogens (tertiary/aromatic N) is 1. The average Bonchev–Trinajstić information content (AvgIpc) is 3.12. The van der Waals surface area contributed by atoms with Gasteiger partial charge in [-0.3, -0.25) is 4.79 Å². The highest BCUT2D eigenvalue weighted by molar-refractivity contribution is 5.33. The molecule has 0 aromatic carbocycles. The zero-order valence-corrected chi connectivity index (χ0v) is 9.60. The van der Waals surface area contributed by atoms with Crippen molar-refractivity contribution in [1.82, 2.24) is 4.57 Å². The minimum atomic E-state index is -0.0463. The Kier molecular flexibility index (Phi) is 6.45. The zero-order chi connectivity index (χ0) is 11.8. The monoisotopic (exact) mass is 214 g/mol. The number of aliphatic hydroxyl groups is 1. The molecular formula is C11H22N2O2. The third kappa shape index (κ3) is 3.75. The molecule has 0 radical (unpaired) electrons. The minimum absolute atomic E-state index is 0. The van der Waals surface area contributed by atoms with Gasteiger partial charge in [-0.05, 0) is 25.0 Å². The van der Waals surface area contributed by atoms with E-state index in [2.05, 4.69) is 0 Å². The van der Waals surface area contributed by atoms with E-state index in [1.165, 1.54) is 0 Å². The summed E-state index contributed by atoms with van der Waals surface area (Å²) in [5, 5.41) is 7.00. The Morgan fingerprint density at radius 1 is 1.47 bits per heavy atom. The van der Waals surface area contributed by atoms with Crippen LogP contribution in [0.3, 0.4) is 0 Å². The van der Waals surface area contributed by atoms with Crippen LogP contribution < -0.4 is 11.3 Å². The highest BCUT2D eigenvalue weighted by Crippen LogP contribution is 2.33. The van der Waals surface area contributed by atoms with Crippen molar-refractivity contribution in [3.63, 3.8) is 0 Å². The van der Waals surface area contributed by atoms with E-state index in [0.29, 0.717) is 11.7 Å². The predicted octanol–water partition coefficient (Wildman–Crippen LogP) is 1.65. The lowest BCUT2D eigenvalue weighted by molar-refractivity contribution is 0.399. The van der Waals surface area contributed by atoms with Crippen LogP contribution in [0.2, 0.25) is 0 Å². The van der Waals surface area contributed by atoms with Crippen molar-refractivity contribution >= 4 is 5.69 Å². The third-order valence-corrected chi connectivity index (χ3v) is 1.94. The van der Waals surface area contributed by atoms with E-state index in [9.17, 15) is 4.79 Å². The molecule has 1 fully saturated rings. The van der Waals surface area contributed by atoms with Gasteiger partial charge < -0.3 is 15.4 Å². The van der Waals surface area contributed by atoms with Gasteiger partial charge in [-0.1, -0.05) is 13.8 Å². The van der Waals surface area contributed by atoms with Crippen LogP contribution in [0.5, 0.6) is 0 Å². The number of anilines is 1. The van der Waals surface area contributed by atoms with Crippen LogP contribution in [0.1, 0.15) is 34.2 Å². The maximum Gasteiger partial charge on any atom is 0.273 e. The Labute approximate surface area is 91.8 Å². The van der Waals surface area contributed by atoms with Crippen LogP contribution in [-0.2, 0) is 0 Å². The Balaban J connectivity index is 0. The smallest absolute Gasteiger partial charge is 0.273 e. The first-order valence-corrected chi connectivity index (χ1v) is 5.20. The largest absolute Gasteiger partial charge is 0.400 e. The molecule has 0 aliphatic heterocycles. The van der Waals surface area contributed by atoms with Gasteiger partial charge in [0, 0.05) is 20.8 Å². The van der Waals surface area contributed by atoms with Gasteiger partial charge in [0.05, 0.1) is 5.69 Å². The summed E-state index contributed by atoms with van der Waals surface area (Å²) in [6.07, 6.45) is 4.03. The standard InChI is InChI=1S/C8H10N2O.C2H6.CH4O.H2/c9-7-2-1-5-10(8(7)11)6-3-4-6;2*1-2;/h1-2,5-6H,3-4,9H2;1-2H3;2H,1H3;1H. The summed E-state index contributed by atoms with van der Waals surface area (Å²) in [7, 11) is 1.00. The van der Waals surface area contributed by atoms with E-state index in [-0.39, 0.29) is 6.99 Å². The van der Waals surface area contributed by atoms with Gasteiger partial charge >= 0.3 is 0 Å². The molecule has 2 rings (SSSR count). The average molecular weight is 214 g/mol. The van der Waals surface area contributed by atoms with Gasteiger partial charge in [-0.15, -0.1) is 0 Å². The molecule has 1 saturated carbocycles. The first-order chi connectivity index (χ1) is 7.29. The molecule has 0 saturated heterocycles. The topological polar surface area (TPSA) is 68.2 Å². The molecule has 0 atom stereocenters. The number of pyridine rings is 1. The molecule has 1 aromatic heterocycles. The van der Waals surface area contributed by atoms with Crippen LogP contribution in [0, 0.1) is 0 Å². The van der Waals surface area contributed by atoms with Gasteiger partial charge in [0.2, 0.25) is 0 Å². The lowest BCUT2D eigenvalue weighted by Crippen LogP contribution is -2.20. The molecule has 0 bridgehead atoms. The fourth-order valence-corrected chi connectivity index (χ4v) is 1.17. The summed E-state index contributed by atoms with van der Waals surface area (Å²) in [5.74, 6) is 0. The summed E-state index contributed by atoms with van der Waals surface area (Å²) in [5.41, 5.74) is 5.75. The number of hydrogen-bond acceptors (Lipinski definition) is 3. The van der Waals surface area contributed by atoms with E-state index < -0.39 is 0 Å². The summed E-state index contributed by atoms with van der Waals surface area (Å²) >= 11 is 0. The van der Waals surface area contributed by atoms with Gasteiger partial charge in [0.15, 0.2) is 0 Å². The lowest BCUT2D eigenvalue weighted by Gasteiger charge is -2.01. The molecule has 3 N–H and O–H groups in total. The normalized spacial score (nSPS) is 13.1. The number of nitrogen functional groups attached to an aromatic ring is 1. The van der Waals surface area contributed by atoms with Crippen molar-refractivity contribution in [2.75, 3.05) is 12.8 Å². The van der Waals surface area contributed by atoms with Crippen molar-refractivity contribution in [2.24, 2.45) is 0 Å². The third-order valence-electron chi connectivity index (χ3n) is 1.94. The van der Waals surface area contributed by atoms with E-state index in [1.54, 1.807) is 16.8 Å². The van der Waals surface area contributed by atoms with Crippen LogP contribution in [0.4, 0.5) is 5.69 Å². The molecule has 4 nitrogen and oxygen atoms in total. The molecule has 4 heteroatoms. The second-order valence-corrected chi connectivity index (χ2v) is 2.91. The summed E-state index contributed by atoms with van der Waals surface area (Å²) in [4.78, 5) is 11.3. The molecule has 0 amide bonds. The SMILES string of the molecule is CC.CO.Nc1cccn(C2CC2)c1=O.[HH]. The van der Waals surface area contributed by atoms with E-state index in [0.717, 1.165) is 20.0 Å². The highest BCUT2D eigenvalue weighted by Gasteiger charge is 2.24. The molecule has 0 spiro atoms. The molecule has 1 aliphatic carbocycles. The number of hydrogen-bond donors (Lipinski definition) is 2. The molecule has 1 aliphatic rings. The van der Waals surface area contributed by atoms with Gasteiger partial charge in [0.25, 0.3) is 5.56 Å². The molecule has 1 heterocycles. The number of rotatable bonds is 1. The van der Waals surface area contributed by atoms with Crippen molar-refractivity contribution in [3.05, 3.63) is 28.7 Å². The first kappa shape index (κ1) is 13.7. The van der Waals surface area contributed by atoms with Gasteiger partial charge in [-0.2, -0.15) is 0 Å². The van der Waals surface area contributed by atoms with Gasteiger partial charge in [-0.25, -0.2) is 0 Å². The van der Waals surface area contributed by atoms with Crippen molar-refractivity contribution in [1.29, 1.82) is 0 Å². The van der Waals surface area contributed by atoms with Crippen molar-refractivity contribution < 1.29 is 6.53 Å². The number of aromatic nitrogens is 1. The van der Waals surface area contributed by atoms with Crippen LogP contribution >= 0.6 is 0 Å². The second kappa shape index (κ2) is 7.06. The Bertz CT molecular complexity index is 335.